The Bertz CT molecular complexity index is 160. The van der Waals surface area contributed by atoms with Crippen molar-refractivity contribution in [3.8, 4) is 0 Å². The van der Waals surface area contributed by atoms with Crippen LogP contribution in [0.3, 0.4) is 0 Å². The van der Waals surface area contributed by atoms with Gasteiger partial charge in [-0.2, -0.15) is 0 Å². The molecule has 10 heavy (non-hydrogen) atoms. The summed E-state index contributed by atoms with van der Waals surface area (Å²) in [5.41, 5.74) is 0. The van der Waals surface area contributed by atoms with Crippen LogP contribution in [0.1, 0.15) is 5.76 Å². The molecule has 0 aromatic carbocycles. The zero-order valence-electron chi connectivity index (χ0n) is 5.96. The van der Waals surface area contributed by atoms with Gasteiger partial charge in [-0.15, -0.1) is 0 Å². The van der Waals surface area contributed by atoms with Crippen molar-refractivity contribution >= 4 is 0 Å². The number of hydrogen-bond donors (Lipinski definition) is 1. The van der Waals surface area contributed by atoms with Gasteiger partial charge in [-0.1, -0.05) is 0 Å². The highest BCUT2D eigenvalue weighted by Gasteiger charge is 1.92. The van der Waals surface area contributed by atoms with E-state index in [2.05, 4.69) is 5.32 Å². The molecule has 0 fully saturated rings. The molecule has 0 aliphatic rings. The molecule has 0 amide bonds. The Labute approximate surface area is 60.0 Å². The third-order valence-corrected chi connectivity index (χ3v) is 1.07. The SMILES string of the molecule is CNCOCc1ccco1. The van der Waals surface area contributed by atoms with Crippen LogP contribution in [0, 0.1) is 0 Å². The van der Waals surface area contributed by atoms with Crippen molar-refractivity contribution in [3.05, 3.63) is 24.2 Å². The Hall–Kier alpha value is -0.800. The predicted octanol–water partition coefficient (Wildman–Crippen LogP) is 0.973. The first kappa shape index (κ1) is 7.31. The lowest BCUT2D eigenvalue weighted by Crippen LogP contribution is -2.10. The average Bonchev–Trinajstić information content (AvgIpc) is 2.41. The summed E-state index contributed by atoms with van der Waals surface area (Å²) in [6.07, 6.45) is 1.64. The van der Waals surface area contributed by atoms with Crippen molar-refractivity contribution in [2.75, 3.05) is 13.8 Å². The molecule has 1 aromatic heterocycles. The van der Waals surface area contributed by atoms with Gasteiger partial charge in [-0.25, -0.2) is 0 Å². The molecule has 0 aliphatic heterocycles. The lowest BCUT2D eigenvalue weighted by Gasteiger charge is -1.98. The summed E-state index contributed by atoms with van der Waals surface area (Å²) in [7, 11) is 1.84. The van der Waals surface area contributed by atoms with Gasteiger partial charge in [0.05, 0.1) is 13.0 Å². The van der Waals surface area contributed by atoms with Gasteiger partial charge in [0, 0.05) is 0 Å². The summed E-state index contributed by atoms with van der Waals surface area (Å²) in [6.45, 7) is 1.09. The minimum absolute atomic E-state index is 0.536. The molecule has 1 aromatic rings. The van der Waals surface area contributed by atoms with Crippen LogP contribution in [-0.4, -0.2) is 13.8 Å². The van der Waals surface area contributed by atoms with Crippen LogP contribution in [0.15, 0.2) is 22.8 Å². The van der Waals surface area contributed by atoms with E-state index in [0.29, 0.717) is 13.3 Å². The fraction of sp³-hybridized carbons (Fsp3) is 0.429. The summed E-state index contributed by atoms with van der Waals surface area (Å²) in [5.74, 6) is 0.857. The van der Waals surface area contributed by atoms with E-state index in [1.807, 2.05) is 19.2 Å². The molecule has 3 heteroatoms. The van der Waals surface area contributed by atoms with E-state index in [1.54, 1.807) is 6.26 Å². The summed E-state index contributed by atoms with van der Waals surface area (Å²) in [4.78, 5) is 0. The van der Waals surface area contributed by atoms with Gasteiger partial charge >= 0.3 is 0 Å². The first-order valence-electron chi connectivity index (χ1n) is 3.18. The molecule has 0 radical (unpaired) electrons. The van der Waals surface area contributed by atoms with Crippen LogP contribution in [0.25, 0.3) is 0 Å². The monoisotopic (exact) mass is 141 g/mol. The van der Waals surface area contributed by atoms with E-state index in [9.17, 15) is 0 Å². The first-order chi connectivity index (χ1) is 4.93. The smallest absolute Gasteiger partial charge is 0.129 e. The van der Waals surface area contributed by atoms with Crippen LogP contribution in [0.5, 0.6) is 0 Å². The molecular formula is C7H11NO2. The summed E-state index contributed by atoms with van der Waals surface area (Å²) < 4.78 is 10.1. The molecule has 0 bridgehead atoms. The molecule has 1 rings (SSSR count). The third-order valence-electron chi connectivity index (χ3n) is 1.07. The second-order valence-electron chi connectivity index (χ2n) is 1.93. The van der Waals surface area contributed by atoms with Crippen molar-refractivity contribution in [3.63, 3.8) is 0 Å². The first-order valence-corrected chi connectivity index (χ1v) is 3.18. The fourth-order valence-electron chi connectivity index (χ4n) is 0.648. The second-order valence-corrected chi connectivity index (χ2v) is 1.93. The lowest BCUT2D eigenvalue weighted by molar-refractivity contribution is 0.0950. The fourth-order valence-corrected chi connectivity index (χ4v) is 0.648. The highest BCUT2D eigenvalue weighted by atomic mass is 16.5. The molecule has 0 saturated heterocycles. The number of ether oxygens (including phenoxy) is 1. The van der Waals surface area contributed by atoms with Crippen molar-refractivity contribution in [2.45, 2.75) is 6.61 Å². The van der Waals surface area contributed by atoms with Crippen LogP contribution >= 0.6 is 0 Å². The van der Waals surface area contributed by atoms with Crippen molar-refractivity contribution in [2.24, 2.45) is 0 Å². The Morgan fingerprint density at radius 1 is 1.70 bits per heavy atom. The largest absolute Gasteiger partial charge is 0.467 e. The van der Waals surface area contributed by atoms with Crippen molar-refractivity contribution < 1.29 is 9.15 Å². The summed E-state index contributed by atoms with van der Waals surface area (Å²) in [5, 5.41) is 2.87. The highest BCUT2D eigenvalue weighted by Crippen LogP contribution is 2.00. The summed E-state index contributed by atoms with van der Waals surface area (Å²) >= 11 is 0. The molecule has 0 atom stereocenters. The molecule has 3 nitrogen and oxygen atoms in total. The van der Waals surface area contributed by atoms with Gasteiger partial charge in [0.1, 0.15) is 12.4 Å². The summed E-state index contributed by atoms with van der Waals surface area (Å²) in [6, 6.07) is 3.73. The van der Waals surface area contributed by atoms with Gasteiger partial charge < -0.3 is 9.15 Å². The van der Waals surface area contributed by atoms with Gasteiger partial charge in [-0.05, 0) is 19.2 Å². The zero-order chi connectivity index (χ0) is 7.23. The van der Waals surface area contributed by atoms with E-state index < -0.39 is 0 Å². The van der Waals surface area contributed by atoms with Crippen LogP contribution in [0.2, 0.25) is 0 Å². The predicted molar refractivity (Wildman–Crippen MR) is 37.4 cm³/mol. The van der Waals surface area contributed by atoms with Gasteiger partial charge in [0.2, 0.25) is 0 Å². The number of rotatable bonds is 4. The van der Waals surface area contributed by atoms with E-state index in [4.69, 9.17) is 9.15 Å². The zero-order valence-corrected chi connectivity index (χ0v) is 5.96. The molecule has 1 N–H and O–H groups in total. The Kier molecular flexibility index (Phi) is 2.99. The lowest BCUT2D eigenvalue weighted by atomic mass is 10.5. The Morgan fingerprint density at radius 3 is 3.20 bits per heavy atom. The Morgan fingerprint density at radius 2 is 2.60 bits per heavy atom. The molecule has 0 aliphatic carbocycles. The topological polar surface area (TPSA) is 34.4 Å². The van der Waals surface area contributed by atoms with Crippen LogP contribution in [-0.2, 0) is 11.3 Å². The normalized spacial score (nSPS) is 10.1. The van der Waals surface area contributed by atoms with Gasteiger partial charge in [-0.3, -0.25) is 5.32 Å². The van der Waals surface area contributed by atoms with Crippen molar-refractivity contribution in [1.29, 1.82) is 0 Å². The second kappa shape index (κ2) is 4.09. The number of hydrogen-bond acceptors (Lipinski definition) is 3. The number of furan rings is 1. The molecule has 56 valence electrons. The van der Waals surface area contributed by atoms with Crippen LogP contribution in [0.4, 0.5) is 0 Å². The molecule has 0 spiro atoms. The third kappa shape index (κ3) is 2.21. The van der Waals surface area contributed by atoms with E-state index in [-0.39, 0.29) is 0 Å². The van der Waals surface area contributed by atoms with E-state index >= 15 is 0 Å². The quantitative estimate of drug-likeness (QED) is 0.501. The maximum absolute atomic E-state index is 5.12. The minimum atomic E-state index is 0.536. The number of nitrogens with one attached hydrogen (secondary N) is 1. The molecule has 0 saturated carbocycles. The standard InChI is InChI=1S/C7H11NO2/c1-8-6-9-5-7-3-2-4-10-7/h2-4,8H,5-6H2,1H3. The molecular weight excluding hydrogens is 130 g/mol. The van der Waals surface area contributed by atoms with E-state index in [1.165, 1.54) is 0 Å². The van der Waals surface area contributed by atoms with E-state index in [0.717, 1.165) is 5.76 Å². The maximum atomic E-state index is 5.12. The van der Waals surface area contributed by atoms with Crippen molar-refractivity contribution in [1.82, 2.24) is 5.32 Å². The highest BCUT2D eigenvalue weighted by molar-refractivity contribution is 4.95. The van der Waals surface area contributed by atoms with Crippen LogP contribution < -0.4 is 5.32 Å². The average molecular weight is 141 g/mol. The minimum Gasteiger partial charge on any atom is -0.467 e. The van der Waals surface area contributed by atoms with Gasteiger partial charge in [0.15, 0.2) is 0 Å². The Balaban J connectivity index is 2.15. The molecule has 1 heterocycles. The van der Waals surface area contributed by atoms with Gasteiger partial charge in [0.25, 0.3) is 0 Å². The maximum Gasteiger partial charge on any atom is 0.129 e. The molecule has 0 unspecified atom stereocenters.